The maximum atomic E-state index is 5.64. The monoisotopic (exact) mass is 230 g/mol. The largest absolute Gasteiger partial charge is 0.379 e. The zero-order chi connectivity index (χ0) is 12.1. The van der Waals surface area contributed by atoms with Crippen molar-refractivity contribution in [2.45, 2.75) is 51.4 Å². The zero-order valence-electron chi connectivity index (χ0n) is 11.2. The van der Waals surface area contributed by atoms with Gasteiger partial charge < -0.3 is 14.2 Å². The molecule has 0 aromatic heterocycles. The minimum atomic E-state index is 0.0764. The molecule has 96 valence electrons. The van der Waals surface area contributed by atoms with Crippen LogP contribution in [0.1, 0.15) is 33.1 Å². The van der Waals surface area contributed by atoms with E-state index in [1.54, 1.807) is 21.3 Å². The van der Waals surface area contributed by atoms with E-state index in [1.165, 1.54) is 12.8 Å². The summed E-state index contributed by atoms with van der Waals surface area (Å²) in [5, 5.41) is 0. The van der Waals surface area contributed by atoms with Gasteiger partial charge in [-0.2, -0.15) is 0 Å². The van der Waals surface area contributed by atoms with Crippen molar-refractivity contribution in [2.24, 2.45) is 11.8 Å². The molecule has 16 heavy (non-hydrogen) atoms. The molecule has 1 rings (SSSR count). The molecule has 4 unspecified atom stereocenters. The Balaban J connectivity index is 2.68. The first-order valence-electron chi connectivity index (χ1n) is 6.22. The van der Waals surface area contributed by atoms with Gasteiger partial charge in [0.2, 0.25) is 0 Å². The third-order valence-corrected chi connectivity index (χ3v) is 3.60. The molecule has 0 aliphatic heterocycles. The summed E-state index contributed by atoms with van der Waals surface area (Å²) in [5.74, 6) is 1.31. The van der Waals surface area contributed by atoms with Gasteiger partial charge in [0.1, 0.15) is 6.10 Å². The van der Waals surface area contributed by atoms with Crippen LogP contribution in [0.2, 0.25) is 0 Å². The highest BCUT2D eigenvalue weighted by atomic mass is 16.6. The molecule has 1 saturated carbocycles. The normalized spacial score (nSPS) is 35.6. The van der Waals surface area contributed by atoms with Gasteiger partial charge in [0.25, 0.3) is 0 Å². The number of rotatable bonds is 5. The lowest BCUT2D eigenvalue weighted by atomic mass is 9.78. The number of ether oxygens (including phenoxy) is 3. The maximum Gasteiger partial charge on any atom is 0.110 e. The molecule has 3 nitrogen and oxygen atoms in total. The summed E-state index contributed by atoms with van der Waals surface area (Å²) in [6, 6.07) is 0. The van der Waals surface area contributed by atoms with Gasteiger partial charge in [0.15, 0.2) is 0 Å². The molecular formula is C13H26O3. The van der Waals surface area contributed by atoms with Gasteiger partial charge in [0.05, 0.1) is 12.2 Å². The van der Waals surface area contributed by atoms with Crippen LogP contribution in [0.4, 0.5) is 0 Å². The van der Waals surface area contributed by atoms with E-state index in [-0.39, 0.29) is 18.3 Å². The van der Waals surface area contributed by atoms with Crippen molar-refractivity contribution in [3.63, 3.8) is 0 Å². The molecule has 0 saturated heterocycles. The minimum absolute atomic E-state index is 0.0764. The molecule has 0 spiro atoms. The van der Waals surface area contributed by atoms with Crippen LogP contribution in [0, 0.1) is 11.8 Å². The predicted octanol–water partition coefficient (Wildman–Crippen LogP) is 2.49. The van der Waals surface area contributed by atoms with Crippen LogP contribution >= 0.6 is 0 Å². The molecule has 0 amide bonds. The summed E-state index contributed by atoms with van der Waals surface area (Å²) in [6.45, 7) is 4.52. The molecule has 0 N–H and O–H groups in total. The van der Waals surface area contributed by atoms with Crippen LogP contribution in [0.25, 0.3) is 0 Å². The number of hydrogen-bond acceptors (Lipinski definition) is 3. The van der Waals surface area contributed by atoms with Gasteiger partial charge in [-0.3, -0.25) is 0 Å². The van der Waals surface area contributed by atoms with E-state index in [4.69, 9.17) is 14.2 Å². The molecule has 0 radical (unpaired) electrons. The third kappa shape index (κ3) is 3.19. The van der Waals surface area contributed by atoms with E-state index in [9.17, 15) is 0 Å². The van der Waals surface area contributed by atoms with E-state index in [1.807, 2.05) is 0 Å². The minimum Gasteiger partial charge on any atom is -0.379 e. The summed E-state index contributed by atoms with van der Waals surface area (Å²) >= 11 is 0. The molecule has 1 fully saturated rings. The van der Waals surface area contributed by atoms with Crippen molar-refractivity contribution in [3.05, 3.63) is 0 Å². The Labute approximate surface area is 99.5 Å². The van der Waals surface area contributed by atoms with Crippen LogP contribution < -0.4 is 0 Å². The summed E-state index contributed by atoms with van der Waals surface area (Å²) in [6.07, 6.45) is 3.88. The standard InChI is InChI=1S/C13H26O3/c1-9(2)8-10-6-7-11(14-3)13(16-5)12(10)15-4/h9-13H,6-8H2,1-5H3. The summed E-state index contributed by atoms with van der Waals surface area (Å²) in [4.78, 5) is 0. The first kappa shape index (κ1) is 13.9. The van der Waals surface area contributed by atoms with E-state index in [2.05, 4.69) is 13.8 Å². The van der Waals surface area contributed by atoms with Gasteiger partial charge in [-0.1, -0.05) is 13.8 Å². The van der Waals surface area contributed by atoms with Gasteiger partial charge in [0, 0.05) is 21.3 Å². The molecule has 0 heterocycles. The predicted molar refractivity (Wildman–Crippen MR) is 64.6 cm³/mol. The fourth-order valence-corrected chi connectivity index (χ4v) is 2.91. The quantitative estimate of drug-likeness (QED) is 0.726. The Bertz CT molecular complexity index is 194. The molecule has 0 bridgehead atoms. The summed E-state index contributed by atoms with van der Waals surface area (Å²) in [7, 11) is 5.29. The van der Waals surface area contributed by atoms with Crippen molar-refractivity contribution in [3.8, 4) is 0 Å². The highest BCUT2D eigenvalue weighted by Crippen LogP contribution is 2.34. The average molecular weight is 230 g/mol. The van der Waals surface area contributed by atoms with Crippen LogP contribution in [0.5, 0.6) is 0 Å². The van der Waals surface area contributed by atoms with Crippen molar-refractivity contribution >= 4 is 0 Å². The fourth-order valence-electron chi connectivity index (χ4n) is 2.91. The molecule has 0 aromatic carbocycles. The first-order valence-corrected chi connectivity index (χ1v) is 6.22. The second kappa shape index (κ2) is 6.58. The van der Waals surface area contributed by atoms with Crippen molar-refractivity contribution in [1.29, 1.82) is 0 Å². The first-order chi connectivity index (χ1) is 7.63. The summed E-state index contributed by atoms with van der Waals surface area (Å²) < 4.78 is 16.7. The summed E-state index contributed by atoms with van der Waals surface area (Å²) in [5.41, 5.74) is 0. The van der Waals surface area contributed by atoms with Crippen LogP contribution in [0.3, 0.4) is 0 Å². The second-order valence-corrected chi connectivity index (χ2v) is 5.14. The van der Waals surface area contributed by atoms with Crippen molar-refractivity contribution in [1.82, 2.24) is 0 Å². The van der Waals surface area contributed by atoms with Crippen LogP contribution in [-0.4, -0.2) is 39.6 Å². The fraction of sp³-hybridized carbons (Fsp3) is 1.00. The Morgan fingerprint density at radius 3 is 2.00 bits per heavy atom. The van der Waals surface area contributed by atoms with Gasteiger partial charge in [-0.25, -0.2) is 0 Å². The Morgan fingerprint density at radius 1 is 0.938 bits per heavy atom. The number of hydrogen-bond donors (Lipinski definition) is 0. The third-order valence-electron chi connectivity index (χ3n) is 3.60. The lowest BCUT2D eigenvalue weighted by Gasteiger charge is -2.41. The van der Waals surface area contributed by atoms with Crippen molar-refractivity contribution < 1.29 is 14.2 Å². The Morgan fingerprint density at radius 2 is 1.56 bits per heavy atom. The van der Waals surface area contributed by atoms with E-state index >= 15 is 0 Å². The lowest BCUT2D eigenvalue weighted by molar-refractivity contribution is -0.151. The van der Waals surface area contributed by atoms with E-state index in [0.717, 1.165) is 6.42 Å². The highest BCUT2D eigenvalue weighted by molar-refractivity contribution is 4.90. The number of methoxy groups -OCH3 is 3. The van der Waals surface area contributed by atoms with Gasteiger partial charge in [-0.15, -0.1) is 0 Å². The lowest BCUT2D eigenvalue weighted by Crippen LogP contribution is -2.49. The van der Waals surface area contributed by atoms with E-state index < -0.39 is 0 Å². The highest BCUT2D eigenvalue weighted by Gasteiger charge is 2.40. The molecule has 1 aliphatic carbocycles. The second-order valence-electron chi connectivity index (χ2n) is 5.14. The molecule has 0 aromatic rings. The van der Waals surface area contributed by atoms with Gasteiger partial charge >= 0.3 is 0 Å². The average Bonchev–Trinajstić information content (AvgIpc) is 2.27. The maximum absolute atomic E-state index is 5.64. The Kier molecular flexibility index (Phi) is 5.73. The van der Waals surface area contributed by atoms with Crippen LogP contribution in [0.15, 0.2) is 0 Å². The molecule has 4 atom stereocenters. The van der Waals surface area contributed by atoms with Crippen LogP contribution in [-0.2, 0) is 14.2 Å². The van der Waals surface area contributed by atoms with Gasteiger partial charge in [-0.05, 0) is 31.1 Å². The van der Waals surface area contributed by atoms with E-state index in [0.29, 0.717) is 11.8 Å². The Hall–Kier alpha value is -0.120. The zero-order valence-corrected chi connectivity index (χ0v) is 11.2. The molecule has 3 heteroatoms. The SMILES string of the molecule is COC1CCC(CC(C)C)C(OC)C1OC. The smallest absolute Gasteiger partial charge is 0.110 e. The van der Waals surface area contributed by atoms with Crippen molar-refractivity contribution in [2.75, 3.05) is 21.3 Å². The topological polar surface area (TPSA) is 27.7 Å². The molecular weight excluding hydrogens is 204 g/mol. The molecule has 1 aliphatic rings.